The van der Waals surface area contributed by atoms with Crippen molar-refractivity contribution >= 4 is 21.6 Å². The molecule has 3 nitrogen and oxygen atoms in total. The number of thioether (sulfide) groups is 1. The van der Waals surface area contributed by atoms with Gasteiger partial charge in [-0.25, -0.2) is 8.42 Å². The molecule has 82 valence electrons. The summed E-state index contributed by atoms with van der Waals surface area (Å²) in [5, 5.41) is 11.1. The maximum atomic E-state index is 11.6. The van der Waals surface area contributed by atoms with Gasteiger partial charge in [-0.05, 0) is 17.5 Å². The van der Waals surface area contributed by atoms with Gasteiger partial charge in [-0.15, -0.1) is 11.8 Å². The topological polar surface area (TPSA) is 54.4 Å². The van der Waals surface area contributed by atoms with E-state index >= 15 is 0 Å². The third-order valence-electron chi connectivity index (χ3n) is 1.61. The molecule has 0 aliphatic heterocycles. The summed E-state index contributed by atoms with van der Waals surface area (Å²) < 4.78 is 23.3. The average Bonchev–Trinajstić information content (AvgIpc) is 2.26. The van der Waals surface area contributed by atoms with Gasteiger partial charge in [-0.1, -0.05) is 18.2 Å². The predicted octanol–water partition coefficient (Wildman–Crippen LogP) is 1.66. The number of aliphatic hydroxyl groups excluding tert-OH is 1. The number of hydrogen-bond donors (Lipinski definition) is 1. The molecular weight excluding hydrogens is 232 g/mol. The van der Waals surface area contributed by atoms with Gasteiger partial charge >= 0.3 is 0 Å². The fourth-order valence-corrected chi connectivity index (χ4v) is 2.76. The van der Waals surface area contributed by atoms with E-state index in [1.54, 1.807) is 30.3 Å². The zero-order valence-corrected chi connectivity index (χ0v) is 9.67. The van der Waals surface area contributed by atoms with E-state index < -0.39 is 9.84 Å². The lowest BCUT2D eigenvalue weighted by atomic mass is 10.4. The van der Waals surface area contributed by atoms with Crippen LogP contribution < -0.4 is 0 Å². The first kappa shape index (κ1) is 12.3. The minimum atomic E-state index is -3.32. The van der Waals surface area contributed by atoms with Crippen molar-refractivity contribution in [3.05, 3.63) is 41.1 Å². The van der Waals surface area contributed by atoms with Gasteiger partial charge in [0.25, 0.3) is 0 Å². The van der Waals surface area contributed by atoms with Gasteiger partial charge in [0, 0.05) is 11.2 Å². The molecule has 0 fully saturated rings. The summed E-state index contributed by atoms with van der Waals surface area (Å²) in [5.41, 5.74) is 0. The molecule has 1 aromatic carbocycles. The van der Waals surface area contributed by atoms with Crippen molar-refractivity contribution in [1.82, 2.24) is 0 Å². The normalized spacial score (nSPS) is 12.1. The minimum Gasteiger partial charge on any atom is -0.396 e. The molecule has 5 heteroatoms. The summed E-state index contributed by atoms with van der Waals surface area (Å²) in [5.74, 6) is 0.501. The lowest BCUT2D eigenvalue weighted by Crippen LogP contribution is -1.95. The number of benzene rings is 1. The van der Waals surface area contributed by atoms with Crippen molar-refractivity contribution < 1.29 is 13.5 Å². The smallest absolute Gasteiger partial charge is 0.200 e. The highest BCUT2D eigenvalue weighted by Gasteiger charge is 2.07. The molecular formula is C10H12O3S2. The molecule has 0 saturated heterocycles. The summed E-state index contributed by atoms with van der Waals surface area (Å²) in [6, 6.07) is 8.24. The summed E-state index contributed by atoms with van der Waals surface area (Å²) in [7, 11) is -3.32. The molecule has 0 aliphatic rings. The van der Waals surface area contributed by atoms with Crippen LogP contribution in [0.2, 0.25) is 0 Å². The molecule has 0 amide bonds. The molecule has 0 radical (unpaired) electrons. The Morgan fingerprint density at radius 3 is 2.53 bits per heavy atom. The zero-order chi connectivity index (χ0) is 11.1. The lowest BCUT2D eigenvalue weighted by molar-refractivity contribution is 0.322. The Hall–Kier alpha value is -0.780. The number of aliphatic hydroxyl groups is 1. The first-order valence-electron chi connectivity index (χ1n) is 4.36. The van der Waals surface area contributed by atoms with Gasteiger partial charge < -0.3 is 5.11 Å². The van der Waals surface area contributed by atoms with Gasteiger partial charge in [0.1, 0.15) is 0 Å². The van der Waals surface area contributed by atoms with Gasteiger partial charge in [-0.3, -0.25) is 0 Å². The lowest BCUT2D eigenvalue weighted by Gasteiger charge is -1.97. The van der Waals surface area contributed by atoms with E-state index in [9.17, 15) is 8.42 Å². The number of rotatable bonds is 5. The highest BCUT2D eigenvalue weighted by atomic mass is 32.2. The van der Waals surface area contributed by atoms with Gasteiger partial charge in [-0.2, -0.15) is 0 Å². The summed E-state index contributed by atoms with van der Waals surface area (Å²) >= 11 is 1.27. The van der Waals surface area contributed by atoms with Crippen LogP contribution in [0.4, 0.5) is 0 Å². The van der Waals surface area contributed by atoms with Crippen LogP contribution in [-0.2, 0) is 9.84 Å². The van der Waals surface area contributed by atoms with E-state index in [-0.39, 0.29) is 11.5 Å². The van der Waals surface area contributed by atoms with E-state index in [0.717, 1.165) is 5.41 Å². The van der Waals surface area contributed by atoms with Crippen molar-refractivity contribution in [2.45, 2.75) is 4.90 Å². The summed E-state index contributed by atoms with van der Waals surface area (Å²) in [4.78, 5) is 0.283. The molecule has 0 aliphatic carbocycles. The zero-order valence-electron chi connectivity index (χ0n) is 8.04. The quantitative estimate of drug-likeness (QED) is 0.800. The fourth-order valence-electron chi connectivity index (χ4n) is 0.922. The number of sulfone groups is 1. The van der Waals surface area contributed by atoms with Crippen LogP contribution in [0.1, 0.15) is 0 Å². The van der Waals surface area contributed by atoms with Crippen LogP contribution >= 0.6 is 11.8 Å². The Morgan fingerprint density at radius 1 is 1.27 bits per heavy atom. The van der Waals surface area contributed by atoms with Gasteiger partial charge in [0.05, 0.1) is 11.5 Å². The average molecular weight is 244 g/mol. The van der Waals surface area contributed by atoms with Gasteiger partial charge in [0.2, 0.25) is 0 Å². The fraction of sp³-hybridized carbons (Fsp3) is 0.200. The molecule has 0 unspecified atom stereocenters. The molecule has 0 spiro atoms. The van der Waals surface area contributed by atoms with Gasteiger partial charge in [0.15, 0.2) is 9.84 Å². The summed E-state index contributed by atoms with van der Waals surface area (Å²) in [6.07, 6.45) is 0. The Balaban J connectivity index is 2.73. The molecule has 0 bridgehead atoms. The van der Waals surface area contributed by atoms with E-state index in [1.165, 1.54) is 17.2 Å². The van der Waals surface area contributed by atoms with Crippen molar-refractivity contribution in [2.24, 2.45) is 0 Å². The molecule has 0 heterocycles. The molecule has 1 aromatic rings. The van der Waals surface area contributed by atoms with E-state index in [4.69, 9.17) is 5.11 Å². The third-order valence-corrected chi connectivity index (χ3v) is 3.95. The van der Waals surface area contributed by atoms with E-state index in [1.807, 2.05) is 0 Å². The van der Waals surface area contributed by atoms with Crippen LogP contribution in [0.15, 0.2) is 46.0 Å². The van der Waals surface area contributed by atoms with Crippen LogP contribution in [0.3, 0.4) is 0 Å². The minimum absolute atomic E-state index is 0.0421. The largest absolute Gasteiger partial charge is 0.396 e. The maximum absolute atomic E-state index is 11.6. The molecule has 1 rings (SSSR count). The van der Waals surface area contributed by atoms with Crippen molar-refractivity contribution in [3.8, 4) is 0 Å². The van der Waals surface area contributed by atoms with E-state index in [2.05, 4.69) is 0 Å². The Morgan fingerprint density at radius 2 is 1.93 bits per heavy atom. The SMILES string of the molecule is O=S(=O)(/C=C\SCCO)c1ccccc1. The van der Waals surface area contributed by atoms with E-state index in [0.29, 0.717) is 5.75 Å². The van der Waals surface area contributed by atoms with Crippen molar-refractivity contribution in [3.63, 3.8) is 0 Å². The Labute approximate surface area is 93.7 Å². The van der Waals surface area contributed by atoms with Crippen molar-refractivity contribution in [2.75, 3.05) is 12.4 Å². The first-order chi connectivity index (χ1) is 7.17. The molecule has 1 N–H and O–H groups in total. The maximum Gasteiger partial charge on any atom is 0.200 e. The number of hydrogen-bond acceptors (Lipinski definition) is 4. The molecule has 15 heavy (non-hydrogen) atoms. The van der Waals surface area contributed by atoms with Crippen LogP contribution in [0.5, 0.6) is 0 Å². The molecule has 0 aromatic heterocycles. The second kappa shape index (κ2) is 5.95. The molecule has 0 atom stereocenters. The predicted molar refractivity (Wildman–Crippen MR) is 62.3 cm³/mol. The van der Waals surface area contributed by atoms with Crippen molar-refractivity contribution in [1.29, 1.82) is 0 Å². The first-order valence-corrected chi connectivity index (χ1v) is 6.95. The third kappa shape index (κ3) is 4.07. The Bertz CT molecular complexity index is 410. The monoisotopic (exact) mass is 244 g/mol. The highest BCUT2D eigenvalue weighted by molar-refractivity contribution is 8.03. The van der Waals surface area contributed by atoms with Crippen LogP contribution in [-0.4, -0.2) is 25.9 Å². The second-order valence-electron chi connectivity index (χ2n) is 2.72. The highest BCUT2D eigenvalue weighted by Crippen LogP contribution is 2.13. The summed E-state index contributed by atoms with van der Waals surface area (Å²) in [6.45, 7) is 0.0421. The van der Waals surface area contributed by atoms with Crippen LogP contribution in [0.25, 0.3) is 0 Å². The van der Waals surface area contributed by atoms with Crippen LogP contribution in [0, 0.1) is 0 Å². The second-order valence-corrected chi connectivity index (χ2v) is 5.57. The molecule has 0 saturated carbocycles. The Kier molecular flexibility index (Phi) is 4.87. The standard InChI is InChI=1S/C10H12O3S2/c11-6-7-14-8-9-15(12,13)10-4-2-1-3-5-10/h1-5,8-9,11H,6-7H2/b9-8-.